The van der Waals surface area contributed by atoms with Crippen molar-refractivity contribution in [1.82, 2.24) is 4.98 Å². The van der Waals surface area contributed by atoms with Gasteiger partial charge in [-0.05, 0) is 35.9 Å². The van der Waals surface area contributed by atoms with Crippen molar-refractivity contribution in [3.05, 3.63) is 59.4 Å². The first kappa shape index (κ1) is 15.6. The van der Waals surface area contributed by atoms with Crippen molar-refractivity contribution < 1.29 is 17.9 Å². The highest BCUT2D eigenvalue weighted by Gasteiger charge is 2.22. The molecule has 0 amide bonds. The molecule has 3 rings (SSSR count). The molecule has 122 valence electrons. The van der Waals surface area contributed by atoms with Gasteiger partial charge < -0.3 is 15.5 Å². The molecule has 1 aromatic heterocycles. The van der Waals surface area contributed by atoms with Crippen LogP contribution in [-0.2, 0) is 4.74 Å². The number of aromatic amines is 1. The fourth-order valence-corrected chi connectivity index (χ4v) is 2.45. The van der Waals surface area contributed by atoms with Crippen molar-refractivity contribution in [2.24, 2.45) is 5.73 Å². The SMILES string of the molecule is N=C(N)OC(=N)c1c(-c2ccc(F)cc2)[nH]c2c(F)cc(F)cc12. The minimum Gasteiger partial charge on any atom is -0.407 e. The fourth-order valence-electron chi connectivity index (χ4n) is 2.45. The van der Waals surface area contributed by atoms with Crippen LogP contribution in [0.3, 0.4) is 0 Å². The number of H-pyrrole nitrogens is 1. The van der Waals surface area contributed by atoms with Crippen molar-refractivity contribution in [3.63, 3.8) is 0 Å². The molecule has 0 saturated heterocycles. The van der Waals surface area contributed by atoms with Gasteiger partial charge >= 0.3 is 0 Å². The van der Waals surface area contributed by atoms with Gasteiger partial charge in [-0.25, -0.2) is 13.2 Å². The highest BCUT2D eigenvalue weighted by atomic mass is 19.1. The maximum Gasteiger partial charge on any atom is 0.285 e. The zero-order valence-corrected chi connectivity index (χ0v) is 12.1. The first-order valence-electron chi connectivity index (χ1n) is 6.74. The zero-order valence-electron chi connectivity index (χ0n) is 12.1. The Kier molecular flexibility index (Phi) is 3.72. The van der Waals surface area contributed by atoms with Crippen LogP contribution < -0.4 is 5.73 Å². The third kappa shape index (κ3) is 2.69. The lowest BCUT2D eigenvalue weighted by molar-refractivity contribution is 0.528. The first-order valence-corrected chi connectivity index (χ1v) is 6.74. The van der Waals surface area contributed by atoms with E-state index >= 15 is 0 Å². The van der Waals surface area contributed by atoms with E-state index in [0.717, 1.165) is 6.07 Å². The maximum atomic E-state index is 14.0. The molecule has 0 atom stereocenters. The normalized spacial score (nSPS) is 10.8. The smallest absolute Gasteiger partial charge is 0.285 e. The Hall–Kier alpha value is -3.29. The van der Waals surface area contributed by atoms with Gasteiger partial charge in [-0.3, -0.25) is 10.8 Å². The minimum atomic E-state index is -0.852. The van der Waals surface area contributed by atoms with Crippen LogP contribution in [0, 0.1) is 28.3 Å². The van der Waals surface area contributed by atoms with Gasteiger partial charge in [-0.15, -0.1) is 0 Å². The van der Waals surface area contributed by atoms with Gasteiger partial charge in [0.1, 0.15) is 17.5 Å². The number of hydrogen-bond acceptors (Lipinski definition) is 3. The summed E-state index contributed by atoms with van der Waals surface area (Å²) in [6.07, 6.45) is 0. The van der Waals surface area contributed by atoms with E-state index in [1.165, 1.54) is 24.3 Å². The number of amidine groups is 1. The molecule has 0 aliphatic heterocycles. The second-order valence-electron chi connectivity index (χ2n) is 4.99. The quantitative estimate of drug-likeness (QED) is 0.427. The lowest BCUT2D eigenvalue weighted by Crippen LogP contribution is -2.19. The molecule has 2 aromatic carbocycles. The highest BCUT2D eigenvalue weighted by molar-refractivity contribution is 6.13. The third-order valence-corrected chi connectivity index (χ3v) is 3.40. The molecule has 0 radical (unpaired) electrons. The Labute approximate surface area is 133 Å². The number of rotatable bonds is 2. The summed E-state index contributed by atoms with van der Waals surface area (Å²) in [6.45, 7) is 0. The molecule has 24 heavy (non-hydrogen) atoms. The minimum absolute atomic E-state index is 0.0187. The van der Waals surface area contributed by atoms with E-state index in [2.05, 4.69) is 4.98 Å². The molecule has 0 bridgehead atoms. The van der Waals surface area contributed by atoms with E-state index in [1.54, 1.807) is 0 Å². The number of nitrogens with one attached hydrogen (secondary N) is 3. The Balaban J connectivity index is 2.31. The van der Waals surface area contributed by atoms with Gasteiger partial charge in [0.05, 0.1) is 16.8 Å². The Morgan fingerprint density at radius 3 is 2.29 bits per heavy atom. The summed E-state index contributed by atoms with van der Waals surface area (Å²) in [6, 6.07) is 6.21. The number of fused-ring (bicyclic) bond motifs is 1. The average Bonchev–Trinajstić information content (AvgIpc) is 2.87. The molecular formula is C16H11F3N4O. The van der Waals surface area contributed by atoms with Gasteiger partial charge in [0.15, 0.2) is 0 Å². The molecule has 8 heteroatoms. The molecule has 5 N–H and O–H groups in total. The fraction of sp³-hybridized carbons (Fsp3) is 0. The van der Waals surface area contributed by atoms with Crippen LogP contribution in [0.5, 0.6) is 0 Å². The van der Waals surface area contributed by atoms with E-state index in [4.69, 9.17) is 21.3 Å². The van der Waals surface area contributed by atoms with Crippen LogP contribution in [0.25, 0.3) is 22.2 Å². The van der Waals surface area contributed by atoms with Crippen LogP contribution >= 0.6 is 0 Å². The number of ether oxygens (including phenoxy) is 1. The maximum absolute atomic E-state index is 14.0. The standard InChI is InChI=1S/C16H11F3N4O/c17-8-3-1-7(2-4-8)13-12(15(20)24-16(21)22)10-5-9(18)6-11(19)14(10)23-13/h1-6,20,23H,(H3,21,22). The lowest BCUT2D eigenvalue weighted by atomic mass is 10.0. The molecule has 0 fully saturated rings. The Bertz CT molecular complexity index is 964. The summed E-state index contributed by atoms with van der Waals surface area (Å²) >= 11 is 0. The Morgan fingerprint density at radius 1 is 1.00 bits per heavy atom. The Morgan fingerprint density at radius 2 is 1.67 bits per heavy atom. The number of nitrogens with two attached hydrogens (primary N) is 1. The van der Waals surface area contributed by atoms with E-state index in [-0.39, 0.29) is 22.2 Å². The second-order valence-corrected chi connectivity index (χ2v) is 4.99. The monoisotopic (exact) mass is 332 g/mol. The molecule has 0 unspecified atom stereocenters. The van der Waals surface area contributed by atoms with Gasteiger partial charge in [0.25, 0.3) is 6.02 Å². The molecule has 0 spiro atoms. The molecule has 0 aliphatic carbocycles. The number of hydrogen-bond donors (Lipinski definition) is 4. The van der Waals surface area contributed by atoms with Crippen molar-refractivity contribution in [2.45, 2.75) is 0 Å². The summed E-state index contributed by atoms with van der Waals surface area (Å²) in [4.78, 5) is 2.75. The number of halogens is 3. The summed E-state index contributed by atoms with van der Waals surface area (Å²) in [7, 11) is 0. The van der Waals surface area contributed by atoms with E-state index < -0.39 is 29.4 Å². The molecule has 1 heterocycles. The van der Waals surface area contributed by atoms with Gasteiger partial charge in [-0.2, -0.15) is 0 Å². The van der Waals surface area contributed by atoms with Crippen molar-refractivity contribution in [2.75, 3.05) is 0 Å². The number of benzene rings is 2. The molecular weight excluding hydrogens is 321 g/mol. The largest absolute Gasteiger partial charge is 0.407 e. The second kappa shape index (κ2) is 5.73. The average molecular weight is 332 g/mol. The summed E-state index contributed by atoms with van der Waals surface area (Å²) in [5.41, 5.74) is 5.76. The predicted octanol–water partition coefficient (Wildman–Crippen LogP) is 3.49. The van der Waals surface area contributed by atoms with Crippen molar-refractivity contribution in [3.8, 4) is 11.3 Å². The van der Waals surface area contributed by atoms with E-state index in [0.29, 0.717) is 11.6 Å². The lowest BCUT2D eigenvalue weighted by Gasteiger charge is -2.07. The van der Waals surface area contributed by atoms with Crippen LogP contribution in [0.4, 0.5) is 13.2 Å². The summed E-state index contributed by atoms with van der Waals surface area (Å²) in [5, 5.41) is 15.1. The van der Waals surface area contributed by atoms with Crippen LogP contribution in [0.2, 0.25) is 0 Å². The molecule has 0 saturated carbocycles. The predicted molar refractivity (Wildman–Crippen MR) is 83.4 cm³/mol. The van der Waals surface area contributed by atoms with Gasteiger partial charge in [0.2, 0.25) is 5.90 Å². The summed E-state index contributed by atoms with van der Waals surface area (Å²) in [5.74, 6) is -2.71. The third-order valence-electron chi connectivity index (χ3n) is 3.40. The number of aromatic nitrogens is 1. The van der Waals surface area contributed by atoms with Crippen LogP contribution in [0.1, 0.15) is 5.56 Å². The van der Waals surface area contributed by atoms with Crippen molar-refractivity contribution in [1.29, 1.82) is 10.8 Å². The zero-order chi connectivity index (χ0) is 17.4. The van der Waals surface area contributed by atoms with E-state index in [9.17, 15) is 13.2 Å². The van der Waals surface area contributed by atoms with Crippen LogP contribution in [-0.4, -0.2) is 16.9 Å². The van der Waals surface area contributed by atoms with Gasteiger partial charge in [0, 0.05) is 11.5 Å². The summed E-state index contributed by atoms with van der Waals surface area (Å²) < 4.78 is 45.5. The first-order chi connectivity index (χ1) is 11.4. The highest BCUT2D eigenvalue weighted by Crippen LogP contribution is 2.33. The molecule has 3 aromatic rings. The van der Waals surface area contributed by atoms with Gasteiger partial charge in [-0.1, -0.05) is 0 Å². The molecule has 0 aliphatic rings. The topological polar surface area (TPSA) is 98.7 Å². The van der Waals surface area contributed by atoms with E-state index in [1.807, 2.05) is 0 Å². The molecule has 5 nitrogen and oxygen atoms in total. The van der Waals surface area contributed by atoms with Crippen LogP contribution in [0.15, 0.2) is 36.4 Å². The van der Waals surface area contributed by atoms with Crippen molar-refractivity contribution >= 4 is 22.8 Å².